The summed E-state index contributed by atoms with van der Waals surface area (Å²) in [5.41, 5.74) is 9.09. The Morgan fingerprint density at radius 2 is 1.13 bits per heavy atom. The minimum absolute atomic E-state index is 0.414. The van der Waals surface area contributed by atoms with Gasteiger partial charge in [0.05, 0.1) is 0 Å². The highest BCUT2D eigenvalue weighted by atomic mass is 32.2. The van der Waals surface area contributed by atoms with Crippen molar-refractivity contribution < 1.29 is 0 Å². The third kappa shape index (κ3) is 1.52. The summed E-state index contributed by atoms with van der Waals surface area (Å²) in [4.78, 5) is 0. The molecule has 0 spiro atoms. The summed E-state index contributed by atoms with van der Waals surface area (Å²) in [6, 6.07) is 0. The maximum Gasteiger partial charge on any atom is 0.0476 e. The largest absolute Gasteiger partial charge is 0.148 e. The van der Waals surface area contributed by atoms with E-state index in [9.17, 15) is 0 Å². The van der Waals surface area contributed by atoms with Gasteiger partial charge in [-0.2, -0.15) is 0 Å². The lowest BCUT2D eigenvalue weighted by Crippen LogP contribution is -2.10. The molecule has 0 bridgehead atoms. The molecule has 2 rings (SSSR count). The van der Waals surface area contributed by atoms with E-state index < -0.39 is 0 Å². The molecule has 15 heavy (non-hydrogen) atoms. The molecular weight excluding hydrogens is 200 g/mol. The summed E-state index contributed by atoms with van der Waals surface area (Å²) in [7, 11) is 0. The van der Waals surface area contributed by atoms with E-state index in [1.165, 1.54) is 33.6 Å². The minimum Gasteiger partial charge on any atom is -0.148 e. The zero-order valence-corrected chi connectivity index (χ0v) is 11.4. The molecule has 0 nitrogen and oxygen atoms in total. The monoisotopic (exact) mass is 220 g/mol. The van der Waals surface area contributed by atoms with Gasteiger partial charge < -0.3 is 0 Å². The number of hydrogen-bond donors (Lipinski definition) is 0. The molecule has 1 heteroatoms. The Labute approximate surface area is 97.5 Å². The van der Waals surface area contributed by atoms with Crippen molar-refractivity contribution in [3.63, 3.8) is 0 Å². The van der Waals surface area contributed by atoms with Crippen LogP contribution in [0.3, 0.4) is 0 Å². The molecular formula is C14H20S. The zero-order valence-electron chi connectivity index (χ0n) is 10.6. The van der Waals surface area contributed by atoms with Gasteiger partial charge in [0.25, 0.3) is 0 Å². The minimum atomic E-state index is 0.414. The molecule has 1 atom stereocenters. The lowest BCUT2D eigenvalue weighted by Gasteiger charge is -2.21. The quantitative estimate of drug-likeness (QED) is 0.639. The van der Waals surface area contributed by atoms with Crippen LogP contribution < -0.4 is 0 Å². The van der Waals surface area contributed by atoms with Gasteiger partial charge in [0, 0.05) is 10.5 Å². The summed E-state index contributed by atoms with van der Waals surface area (Å²) in [5, 5.41) is 0. The lowest BCUT2D eigenvalue weighted by molar-refractivity contribution is 0.853. The fourth-order valence-corrected chi connectivity index (χ4v) is 3.36. The van der Waals surface area contributed by atoms with E-state index in [1.54, 1.807) is 5.56 Å². The van der Waals surface area contributed by atoms with Gasteiger partial charge in [0.15, 0.2) is 0 Å². The van der Waals surface area contributed by atoms with E-state index in [1.807, 2.05) is 0 Å². The van der Waals surface area contributed by atoms with E-state index >= 15 is 0 Å². The molecule has 1 saturated heterocycles. The Kier molecular flexibility index (Phi) is 2.42. The molecule has 1 heterocycles. The van der Waals surface area contributed by atoms with Gasteiger partial charge in [0.1, 0.15) is 0 Å². The molecule has 1 aromatic carbocycles. The molecule has 0 amide bonds. The van der Waals surface area contributed by atoms with Crippen molar-refractivity contribution in [1.82, 2.24) is 0 Å². The highest BCUT2D eigenvalue weighted by Crippen LogP contribution is 2.55. The Bertz CT molecular complexity index is 396. The van der Waals surface area contributed by atoms with Crippen LogP contribution in [-0.4, -0.2) is 5.75 Å². The third-order valence-corrected chi connectivity index (χ3v) is 5.47. The van der Waals surface area contributed by atoms with Crippen LogP contribution in [0.15, 0.2) is 0 Å². The second-order valence-electron chi connectivity index (χ2n) is 5.02. The van der Waals surface area contributed by atoms with Gasteiger partial charge in [-0.3, -0.25) is 0 Å². The van der Waals surface area contributed by atoms with Crippen molar-refractivity contribution >= 4 is 11.8 Å². The predicted octanol–water partition coefficient (Wildman–Crippen LogP) is 4.19. The molecule has 0 aromatic heterocycles. The first-order valence-corrected chi connectivity index (χ1v) is 6.58. The maximum atomic E-state index is 2.38. The average Bonchev–Trinajstić information content (AvgIpc) is 2.91. The fourth-order valence-electron chi connectivity index (χ4n) is 2.55. The summed E-state index contributed by atoms with van der Waals surface area (Å²) >= 11 is 2.08. The van der Waals surface area contributed by atoms with Gasteiger partial charge in [-0.1, -0.05) is 0 Å². The van der Waals surface area contributed by atoms with Gasteiger partial charge in [-0.05, 0) is 74.9 Å². The Morgan fingerprint density at radius 3 is 1.47 bits per heavy atom. The Hall–Kier alpha value is -0.430. The standard InChI is InChI=1S/C14H20S/c1-8-9(2)11(4)13(12(5)10(8)3)14(6)7-15-14/h7H2,1-6H3. The molecule has 0 aliphatic carbocycles. The van der Waals surface area contributed by atoms with Gasteiger partial charge in [-0.25, -0.2) is 0 Å². The molecule has 0 saturated carbocycles. The second-order valence-corrected chi connectivity index (χ2v) is 6.50. The topological polar surface area (TPSA) is 0 Å². The number of thioether (sulfide) groups is 1. The zero-order chi connectivity index (χ0) is 11.4. The number of rotatable bonds is 1. The van der Waals surface area contributed by atoms with Crippen molar-refractivity contribution in [3.8, 4) is 0 Å². The maximum absolute atomic E-state index is 2.38. The first-order valence-electron chi connectivity index (χ1n) is 5.60. The lowest BCUT2D eigenvalue weighted by atomic mass is 9.85. The van der Waals surface area contributed by atoms with Crippen LogP contribution >= 0.6 is 11.8 Å². The number of benzene rings is 1. The molecule has 1 fully saturated rings. The first-order chi connectivity index (χ1) is 6.88. The Morgan fingerprint density at radius 1 is 0.800 bits per heavy atom. The van der Waals surface area contributed by atoms with E-state index in [-0.39, 0.29) is 0 Å². The van der Waals surface area contributed by atoms with Gasteiger partial charge in [-0.15, -0.1) is 11.8 Å². The normalized spacial score (nSPS) is 24.4. The SMILES string of the molecule is Cc1c(C)c(C)c(C2(C)CS2)c(C)c1C. The Balaban J connectivity index is 2.74. The van der Waals surface area contributed by atoms with Crippen molar-refractivity contribution in [2.24, 2.45) is 0 Å². The molecule has 1 unspecified atom stereocenters. The predicted molar refractivity (Wildman–Crippen MR) is 69.9 cm³/mol. The second kappa shape index (κ2) is 3.28. The van der Waals surface area contributed by atoms with Crippen LogP contribution in [0.4, 0.5) is 0 Å². The van der Waals surface area contributed by atoms with Crippen LogP contribution in [0.1, 0.15) is 40.3 Å². The van der Waals surface area contributed by atoms with E-state index in [0.717, 1.165) is 0 Å². The molecule has 0 N–H and O–H groups in total. The van der Waals surface area contributed by atoms with Crippen molar-refractivity contribution in [3.05, 3.63) is 33.4 Å². The van der Waals surface area contributed by atoms with Crippen LogP contribution in [0.2, 0.25) is 0 Å². The van der Waals surface area contributed by atoms with E-state index in [2.05, 4.69) is 53.3 Å². The summed E-state index contributed by atoms with van der Waals surface area (Å²) in [6.45, 7) is 13.7. The number of hydrogen-bond acceptors (Lipinski definition) is 1. The molecule has 1 aromatic rings. The summed E-state index contributed by atoms with van der Waals surface area (Å²) in [6.07, 6.45) is 0. The summed E-state index contributed by atoms with van der Waals surface area (Å²) in [5.74, 6) is 1.29. The van der Waals surface area contributed by atoms with E-state index in [0.29, 0.717) is 4.75 Å². The summed E-state index contributed by atoms with van der Waals surface area (Å²) < 4.78 is 0.414. The molecule has 1 aliphatic rings. The van der Waals surface area contributed by atoms with Gasteiger partial charge >= 0.3 is 0 Å². The van der Waals surface area contributed by atoms with Crippen molar-refractivity contribution in [1.29, 1.82) is 0 Å². The van der Waals surface area contributed by atoms with Gasteiger partial charge in [0.2, 0.25) is 0 Å². The highest BCUT2D eigenvalue weighted by Gasteiger charge is 2.43. The van der Waals surface area contributed by atoms with Crippen LogP contribution in [0, 0.1) is 34.6 Å². The van der Waals surface area contributed by atoms with Crippen molar-refractivity contribution in [2.45, 2.75) is 46.3 Å². The smallest absolute Gasteiger partial charge is 0.0476 e. The van der Waals surface area contributed by atoms with Crippen LogP contribution in [0.25, 0.3) is 0 Å². The average molecular weight is 220 g/mol. The molecule has 0 radical (unpaired) electrons. The highest BCUT2D eigenvalue weighted by molar-refractivity contribution is 8.07. The van der Waals surface area contributed by atoms with Crippen molar-refractivity contribution in [2.75, 3.05) is 5.75 Å². The molecule has 1 aliphatic heterocycles. The van der Waals surface area contributed by atoms with E-state index in [4.69, 9.17) is 0 Å². The fraction of sp³-hybridized carbons (Fsp3) is 0.571. The van der Waals surface area contributed by atoms with Crippen LogP contribution in [0.5, 0.6) is 0 Å². The van der Waals surface area contributed by atoms with Crippen LogP contribution in [-0.2, 0) is 4.75 Å². The first kappa shape index (κ1) is 11.1. The molecule has 82 valence electrons. The third-order valence-electron chi connectivity index (χ3n) is 4.11.